The fraction of sp³-hybridized carbons (Fsp3) is 0.143. The first-order chi connectivity index (χ1) is 17.3. The zero-order valence-corrected chi connectivity index (χ0v) is 20.8. The van der Waals surface area contributed by atoms with Crippen molar-refractivity contribution in [3.05, 3.63) is 93.5 Å². The lowest BCUT2D eigenvalue weighted by Gasteiger charge is -2.06. The highest BCUT2D eigenvalue weighted by Gasteiger charge is 2.23. The number of amides is 1. The number of hydrogen-bond donors (Lipinski definition) is 1. The SMILES string of the molecule is CCOC(=O)c1c(NC(=O)/C(C#N)=C/c2cn(C(=O)c3ccccc3)c3ccccc23)sc(C)c1C. The lowest BCUT2D eigenvalue weighted by Crippen LogP contribution is -2.16. The summed E-state index contributed by atoms with van der Waals surface area (Å²) in [7, 11) is 0. The summed E-state index contributed by atoms with van der Waals surface area (Å²) < 4.78 is 6.65. The number of rotatable bonds is 6. The summed E-state index contributed by atoms with van der Waals surface area (Å²) in [6.45, 7) is 5.54. The van der Waals surface area contributed by atoms with Gasteiger partial charge in [0.15, 0.2) is 0 Å². The average Bonchev–Trinajstić information content (AvgIpc) is 3.39. The minimum absolute atomic E-state index is 0.163. The fourth-order valence-corrected chi connectivity index (χ4v) is 4.89. The molecule has 0 radical (unpaired) electrons. The number of ether oxygens (including phenoxy) is 1. The molecule has 180 valence electrons. The van der Waals surface area contributed by atoms with Crippen molar-refractivity contribution in [2.75, 3.05) is 11.9 Å². The molecule has 2 aromatic heterocycles. The quantitative estimate of drug-likeness (QED) is 0.208. The number of carbonyl (C=O) groups is 3. The van der Waals surface area contributed by atoms with Crippen molar-refractivity contribution in [1.29, 1.82) is 5.26 Å². The van der Waals surface area contributed by atoms with Crippen molar-refractivity contribution in [2.45, 2.75) is 20.8 Å². The molecule has 1 amide bonds. The van der Waals surface area contributed by atoms with Crippen LogP contribution in [0.15, 0.2) is 66.4 Å². The highest BCUT2D eigenvalue weighted by atomic mass is 32.1. The molecule has 2 aromatic carbocycles. The number of aryl methyl sites for hydroxylation is 1. The van der Waals surface area contributed by atoms with Crippen molar-refractivity contribution in [3.8, 4) is 6.07 Å². The van der Waals surface area contributed by atoms with Gasteiger partial charge in [0, 0.05) is 27.6 Å². The van der Waals surface area contributed by atoms with E-state index in [1.54, 1.807) is 44.3 Å². The third kappa shape index (κ3) is 4.69. The predicted octanol–water partition coefficient (Wildman–Crippen LogP) is 5.73. The smallest absolute Gasteiger partial charge is 0.341 e. The highest BCUT2D eigenvalue weighted by Crippen LogP contribution is 2.33. The number of benzene rings is 2. The Balaban J connectivity index is 1.72. The molecule has 4 rings (SSSR count). The van der Waals surface area contributed by atoms with Crippen LogP contribution in [0.2, 0.25) is 0 Å². The van der Waals surface area contributed by atoms with Crippen LogP contribution in [0.5, 0.6) is 0 Å². The van der Waals surface area contributed by atoms with E-state index in [9.17, 15) is 19.6 Å². The zero-order valence-electron chi connectivity index (χ0n) is 20.0. The molecule has 4 aromatic rings. The largest absolute Gasteiger partial charge is 0.462 e. The van der Waals surface area contributed by atoms with E-state index in [2.05, 4.69) is 5.32 Å². The number of thiophene rings is 1. The van der Waals surface area contributed by atoms with Gasteiger partial charge in [0.25, 0.3) is 11.8 Å². The summed E-state index contributed by atoms with van der Waals surface area (Å²) in [5, 5.41) is 13.5. The van der Waals surface area contributed by atoms with Crippen LogP contribution in [-0.4, -0.2) is 29.0 Å². The van der Waals surface area contributed by atoms with Gasteiger partial charge in [-0.3, -0.25) is 14.2 Å². The second-order valence-electron chi connectivity index (χ2n) is 7.97. The first-order valence-corrected chi connectivity index (χ1v) is 12.1. The van der Waals surface area contributed by atoms with Crippen molar-refractivity contribution in [2.24, 2.45) is 0 Å². The Bertz CT molecular complexity index is 1550. The monoisotopic (exact) mass is 497 g/mol. The number of nitrogens with zero attached hydrogens (tertiary/aromatic N) is 2. The van der Waals surface area contributed by atoms with Gasteiger partial charge in [-0.2, -0.15) is 5.26 Å². The summed E-state index contributed by atoms with van der Waals surface area (Å²) >= 11 is 1.25. The van der Waals surface area contributed by atoms with E-state index >= 15 is 0 Å². The molecule has 2 heterocycles. The molecule has 0 bridgehead atoms. The second-order valence-corrected chi connectivity index (χ2v) is 9.20. The third-order valence-corrected chi connectivity index (χ3v) is 6.86. The Labute approximate surface area is 212 Å². The Kier molecular flexibility index (Phi) is 7.13. The van der Waals surface area contributed by atoms with Gasteiger partial charge in [-0.15, -0.1) is 11.3 Å². The Morgan fingerprint density at radius 3 is 2.47 bits per heavy atom. The maximum atomic E-state index is 13.1. The van der Waals surface area contributed by atoms with Crippen LogP contribution in [0.1, 0.15) is 43.6 Å². The van der Waals surface area contributed by atoms with Crippen LogP contribution in [0.3, 0.4) is 0 Å². The Morgan fingerprint density at radius 2 is 1.78 bits per heavy atom. The molecule has 1 N–H and O–H groups in total. The molecule has 8 heteroatoms. The minimum Gasteiger partial charge on any atom is -0.462 e. The lowest BCUT2D eigenvalue weighted by atomic mass is 10.1. The third-order valence-electron chi connectivity index (χ3n) is 5.74. The molecule has 0 atom stereocenters. The van der Waals surface area contributed by atoms with Crippen molar-refractivity contribution in [3.63, 3.8) is 0 Å². The second kappa shape index (κ2) is 10.4. The summed E-state index contributed by atoms with van der Waals surface area (Å²) in [6.07, 6.45) is 3.07. The van der Waals surface area contributed by atoms with E-state index < -0.39 is 11.9 Å². The normalized spacial score (nSPS) is 11.2. The number of hydrogen-bond acceptors (Lipinski definition) is 6. The number of nitriles is 1. The van der Waals surface area contributed by atoms with Crippen LogP contribution in [0.25, 0.3) is 17.0 Å². The minimum atomic E-state index is -0.657. The number of para-hydroxylation sites is 1. The molecule has 0 spiro atoms. The zero-order chi connectivity index (χ0) is 25.8. The van der Waals surface area contributed by atoms with Gasteiger partial charge in [0.1, 0.15) is 16.6 Å². The Morgan fingerprint density at radius 1 is 1.08 bits per heavy atom. The number of esters is 1. The van der Waals surface area contributed by atoms with Crippen molar-refractivity contribution >= 4 is 51.1 Å². The van der Waals surface area contributed by atoms with Crippen LogP contribution >= 0.6 is 11.3 Å². The van der Waals surface area contributed by atoms with Crippen molar-refractivity contribution < 1.29 is 19.1 Å². The van der Waals surface area contributed by atoms with E-state index in [1.807, 2.05) is 43.3 Å². The molecule has 0 aliphatic heterocycles. The first kappa shape index (κ1) is 24.6. The fourth-order valence-electron chi connectivity index (χ4n) is 3.85. The van der Waals surface area contributed by atoms with E-state index in [1.165, 1.54) is 22.0 Å². The maximum absolute atomic E-state index is 13.1. The predicted molar refractivity (Wildman–Crippen MR) is 140 cm³/mol. The van der Waals surface area contributed by atoms with Gasteiger partial charge in [0.05, 0.1) is 17.7 Å². The standard InChI is InChI=1S/C28H23N3O4S/c1-4-35-28(34)24-17(2)18(3)36-26(24)30-25(32)20(15-29)14-21-16-31(23-13-9-8-12-22(21)23)27(33)19-10-6-5-7-11-19/h5-14,16H,4H2,1-3H3,(H,30,32)/b20-14+. The highest BCUT2D eigenvalue weighted by molar-refractivity contribution is 7.16. The molecule has 0 unspecified atom stereocenters. The van der Waals surface area contributed by atoms with Gasteiger partial charge < -0.3 is 10.1 Å². The molecule has 0 fully saturated rings. The molecular formula is C28H23N3O4S. The van der Waals surface area contributed by atoms with Gasteiger partial charge >= 0.3 is 5.97 Å². The van der Waals surface area contributed by atoms with Gasteiger partial charge in [-0.1, -0.05) is 36.4 Å². The Hall–Kier alpha value is -4.48. The molecule has 0 saturated heterocycles. The number of anilines is 1. The maximum Gasteiger partial charge on any atom is 0.341 e. The van der Waals surface area contributed by atoms with Crippen LogP contribution < -0.4 is 5.32 Å². The molecule has 0 aliphatic carbocycles. The van der Waals surface area contributed by atoms with Crippen LogP contribution in [0, 0.1) is 25.2 Å². The van der Waals surface area contributed by atoms with Crippen LogP contribution in [-0.2, 0) is 9.53 Å². The number of carbonyl (C=O) groups excluding carboxylic acids is 3. The molecule has 0 saturated carbocycles. The summed E-state index contributed by atoms with van der Waals surface area (Å²) in [4.78, 5) is 39.5. The molecule has 7 nitrogen and oxygen atoms in total. The van der Waals surface area contributed by atoms with Crippen LogP contribution in [0.4, 0.5) is 5.00 Å². The first-order valence-electron chi connectivity index (χ1n) is 11.3. The van der Waals surface area contributed by atoms with Gasteiger partial charge in [-0.05, 0) is 50.6 Å². The molecule has 0 aliphatic rings. The van der Waals surface area contributed by atoms with E-state index in [4.69, 9.17) is 4.74 Å². The molecule has 36 heavy (non-hydrogen) atoms. The number of fused-ring (bicyclic) bond motifs is 1. The average molecular weight is 498 g/mol. The molecular weight excluding hydrogens is 474 g/mol. The summed E-state index contributed by atoms with van der Waals surface area (Å²) in [5.74, 6) is -1.41. The van der Waals surface area contributed by atoms with E-state index in [0.717, 1.165) is 15.8 Å². The lowest BCUT2D eigenvalue weighted by molar-refractivity contribution is -0.112. The number of nitrogens with one attached hydrogen (secondary N) is 1. The summed E-state index contributed by atoms with van der Waals surface area (Å²) in [5.41, 5.74) is 2.56. The topological polar surface area (TPSA) is 101 Å². The van der Waals surface area contributed by atoms with Gasteiger partial charge in [0.2, 0.25) is 0 Å². The van der Waals surface area contributed by atoms with Gasteiger partial charge in [-0.25, -0.2) is 4.79 Å². The van der Waals surface area contributed by atoms with Crippen molar-refractivity contribution in [1.82, 2.24) is 4.57 Å². The number of aromatic nitrogens is 1. The summed E-state index contributed by atoms with van der Waals surface area (Å²) in [6, 6.07) is 18.1. The van der Waals surface area contributed by atoms with E-state index in [-0.39, 0.29) is 23.7 Å². The van der Waals surface area contributed by atoms with E-state index in [0.29, 0.717) is 21.6 Å².